The molecule has 2 unspecified atom stereocenters. The van der Waals surface area contributed by atoms with E-state index in [2.05, 4.69) is 35.5 Å². The largest absolute Gasteiger partial charge is 0.334 e. The fraction of sp³-hybridized carbons (Fsp3) is 0.500. The second kappa shape index (κ2) is 5.81. The topological polar surface area (TPSA) is 64.9 Å². The van der Waals surface area contributed by atoms with Gasteiger partial charge in [0.1, 0.15) is 0 Å². The van der Waals surface area contributed by atoms with Crippen LogP contribution in [0.15, 0.2) is 33.7 Å². The van der Waals surface area contributed by atoms with Gasteiger partial charge in [0.2, 0.25) is 0 Å². The van der Waals surface area contributed by atoms with Gasteiger partial charge in [0.15, 0.2) is 5.82 Å². The Bertz CT molecular complexity index is 610. The van der Waals surface area contributed by atoms with E-state index in [1.54, 1.807) is 11.8 Å². The molecule has 1 fully saturated rings. The van der Waals surface area contributed by atoms with Gasteiger partial charge in [-0.3, -0.25) is 0 Å². The maximum Gasteiger partial charge on any atom is 0.257 e. The molecule has 1 heterocycles. The van der Waals surface area contributed by atoms with Gasteiger partial charge in [-0.05, 0) is 49.3 Å². The summed E-state index contributed by atoms with van der Waals surface area (Å²) < 4.78 is 5.43. The zero-order valence-corrected chi connectivity index (χ0v) is 13.3. The fourth-order valence-electron chi connectivity index (χ4n) is 3.07. The van der Waals surface area contributed by atoms with Gasteiger partial charge in [0.05, 0.1) is 5.54 Å². The van der Waals surface area contributed by atoms with Gasteiger partial charge in [-0.2, -0.15) is 4.98 Å². The Hall–Kier alpha value is -1.33. The molecule has 2 N–H and O–H groups in total. The molecule has 21 heavy (non-hydrogen) atoms. The Balaban J connectivity index is 1.85. The maximum atomic E-state index is 6.52. The van der Waals surface area contributed by atoms with Crippen LogP contribution in [-0.4, -0.2) is 16.4 Å². The molecule has 1 aliphatic carbocycles. The van der Waals surface area contributed by atoms with E-state index in [-0.39, 0.29) is 0 Å². The van der Waals surface area contributed by atoms with Crippen LogP contribution in [0.4, 0.5) is 0 Å². The summed E-state index contributed by atoms with van der Waals surface area (Å²) in [6.07, 6.45) is 6.28. The highest BCUT2D eigenvalue weighted by molar-refractivity contribution is 7.98. The summed E-state index contributed by atoms with van der Waals surface area (Å²) in [5.74, 6) is 1.82. The molecular weight excluding hydrogens is 282 g/mol. The van der Waals surface area contributed by atoms with Crippen molar-refractivity contribution in [3.8, 4) is 11.5 Å². The molecular formula is C16H21N3OS. The number of rotatable bonds is 3. The first-order valence-corrected chi connectivity index (χ1v) is 8.61. The van der Waals surface area contributed by atoms with Crippen molar-refractivity contribution in [1.82, 2.24) is 10.1 Å². The highest BCUT2D eigenvalue weighted by Gasteiger charge is 2.37. The monoisotopic (exact) mass is 303 g/mol. The molecule has 0 aliphatic heterocycles. The molecule has 1 aliphatic rings. The van der Waals surface area contributed by atoms with Crippen molar-refractivity contribution >= 4 is 11.8 Å². The number of nitrogens with zero attached hydrogens (tertiary/aromatic N) is 2. The van der Waals surface area contributed by atoms with Gasteiger partial charge < -0.3 is 10.3 Å². The summed E-state index contributed by atoms with van der Waals surface area (Å²) >= 11 is 1.71. The summed E-state index contributed by atoms with van der Waals surface area (Å²) in [5, 5.41) is 4.15. The highest BCUT2D eigenvalue weighted by atomic mass is 32.2. The van der Waals surface area contributed by atoms with Crippen molar-refractivity contribution in [2.45, 2.75) is 43.0 Å². The van der Waals surface area contributed by atoms with E-state index >= 15 is 0 Å². The Kier molecular flexibility index (Phi) is 4.04. The van der Waals surface area contributed by atoms with E-state index in [1.165, 1.54) is 11.3 Å². The van der Waals surface area contributed by atoms with E-state index < -0.39 is 5.54 Å². The van der Waals surface area contributed by atoms with E-state index in [4.69, 9.17) is 10.3 Å². The lowest BCUT2D eigenvalue weighted by atomic mass is 9.76. The van der Waals surface area contributed by atoms with Crippen molar-refractivity contribution in [2.75, 3.05) is 6.26 Å². The molecule has 3 rings (SSSR count). The van der Waals surface area contributed by atoms with Crippen molar-refractivity contribution in [3.63, 3.8) is 0 Å². The molecule has 2 aromatic rings. The lowest BCUT2D eigenvalue weighted by Gasteiger charge is -2.33. The summed E-state index contributed by atoms with van der Waals surface area (Å²) in [5.41, 5.74) is 7.03. The zero-order chi connectivity index (χ0) is 14.9. The van der Waals surface area contributed by atoms with E-state index in [0.717, 1.165) is 24.8 Å². The summed E-state index contributed by atoms with van der Waals surface area (Å²) in [7, 11) is 0. The van der Waals surface area contributed by atoms with Gasteiger partial charge in [-0.25, -0.2) is 0 Å². The number of aromatic nitrogens is 2. The Morgan fingerprint density at radius 3 is 2.76 bits per heavy atom. The number of thioether (sulfide) groups is 1. The standard InChI is InChI=1S/C16H21N3OS/c1-11-4-3-9-16(17,10-11)15-18-14(20-19-15)12-5-7-13(21-2)8-6-12/h5-8,11H,3-4,9-10,17H2,1-2H3. The summed E-state index contributed by atoms with van der Waals surface area (Å²) in [4.78, 5) is 5.77. The molecule has 0 saturated heterocycles. The highest BCUT2D eigenvalue weighted by Crippen LogP contribution is 2.37. The van der Waals surface area contributed by atoms with E-state index in [0.29, 0.717) is 17.6 Å². The molecule has 1 aromatic carbocycles. The molecule has 1 saturated carbocycles. The van der Waals surface area contributed by atoms with Crippen LogP contribution in [0.25, 0.3) is 11.5 Å². The predicted molar refractivity (Wildman–Crippen MR) is 85.0 cm³/mol. The average molecular weight is 303 g/mol. The number of hydrogen-bond acceptors (Lipinski definition) is 5. The lowest BCUT2D eigenvalue weighted by Crippen LogP contribution is -2.42. The third-order valence-electron chi connectivity index (χ3n) is 4.24. The molecule has 2 atom stereocenters. The van der Waals surface area contributed by atoms with Crippen LogP contribution in [0, 0.1) is 5.92 Å². The molecule has 112 valence electrons. The SMILES string of the molecule is CSc1ccc(-c2nc(C3(N)CCCC(C)C3)no2)cc1. The second-order valence-electron chi connectivity index (χ2n) is 6.01. The molecule has 0 radical (unpaired) electrons. The van der Waals surface area contributed by atoms with Crippen LogP contribution < -0.4 is 5.73 Å². The van der Waals surface area contributed by atoms with E-state index in [1.807, 2.05) is 12.1 Å². The van der Waals surface area contributed by atoms with Crippen LogP contribution in [0.5, 0.6) is 0 Å². The fourth-order valence-corrected chi connectivity index (χ4v) is 3.48. The molecule has 1 aromatic heterocycles. The van der Waals surface area contributed by atoms with E-state index in [9.17, 15) is 0 Å². The Morgan fingerprint density at radius 1 is 1.33 bits per heavy atom. The molecule has 0 spiro atoms. The number of nitrogens with two attached hydrogens (primary N) is 1. The molecule has 0 bridgehead atoms. The Morgan fingerprint density at radius 2 is 2.10 bits per heavy atom. The predicted octanol–water partition coefficient (Wildman–Crippen LogP) is 3.82. The first kappa shape index (κ1) is 14.6. The molecule has 5 heteroatoms. The minimum Gasteiger partial charge on any atom is -0.334 e. The number of hydrogen-bond donors (Lipinski definition) is 1. The van der Waals surface area contributed by atoms with Crippen molar-refractivity contribution in [3.05, 3.63) is 30.1 Å². The van der Waals surface area contributed by atoms with Crippen LogP contribution >= 0.6 is 11.8 Å². The van der Waals surface area contributed by atoms with Gasteiger partial charge in [-0.1, -0.05) is 24.9 Å². The minimum atomic E-state index is -0.432. The van der Waals surface area contributed by atoms with Gasteiger partial charge >= 0.3 is 0 Å². The average Bonchev–Trinajstić information content (AvgIpc) is 2.98. The smallest absolute Gasteiger partial charge is 0.257 e. The first-order chi connectivity index (χ1) is 10.1. The normalized spacial score (nSPS) is 26.0. The first-order valence-electron chi connectivity index (χ1n) is 7.38. The zero-order valence-electron chi connectivity index (χ0n) is 12.5. The van der Waals surface area contributed by atoms with Gasteiger partial charge in [0, 0.05) is 10.5 Å². The molecule has 0 amide bonds. The minimum absolute atomic E-state index is 0.432. The van der Waals surface area contributed by atoms with Crippen LogP contribution in [-0.2, 0) is 5.54 Å². The summed E-state index contributed by atoms with van der Waals surface area (Å²) in [6.45, 7) is 2.24. The quantitative estimate of drug-likeness (QED) is 0.873. The van der Waals surface area contributed by atoms with Crippen LogP contribution in [0.2, 0.25) is 0 Å². The van der Waals surface area contributed by atoms with Crippen LogP contribution in [0.1, 0.15) is 38.4 Å². The van der Waals surface area contributed by atoms with Gasteiger partial charge in [-0.15, -0.1) is 11.8 Å². The Labute approximate surface area is 129 Å². The van der Waals surface area contributed by atoms with Crippen molar-refractivity contribution in [1.29, 1.82) is 0 Å². The third kappa shape index (κ3) is 2.99. The van der Waals surface area contributed by atoms with Crippen LogP contribution in [0.3, 0.4) is 0 Å². The van der Waals surface area contributed by atoms with Crippen molar-refractivity contribution < 1.29 is 4.52 Å². The van der Waals surface area contributed by atoms with Crippen molar-refractivity contribution in [2.24, 2.45) is 11.7 Å². The second-order valence-corrected chi connectivity index (χ2v) is 6.89. The molecule has 4 nitrogen and oxygen atoms in total. The maximum absolute atomic E-state index is 6.52. The lowest BCUT2D eigenvalue weighted by molar-refractivity contribution is 0.222. The summed E-state index contributed by atoms with van der Waals surface area (Å²) in [6, 6.07) is 8.14. The van der Waals surface area contributed by atoms with Gasteiger partial charge in [0.25, 0.3) is 5.89 Å². The number of benzene rings is 1. The third-order valence-corrected chi connectivity index (χ3v) is 4.98.